The second kappa shape index (κ2) is 7.05. The molecule has 18 heavy (non-hydrogen) atoms. The standard InChI is InChI=1S/C11H23N3O2S.ClH/c12-9-11-5-4-8-14(10-11)17(15,16)13-6-2-1-3-7-13;/h11H,1-10,12H2;1H. The Morgan fingerprint density at radius 1 is 1.00 bits per heavy atom. The largest absolute Gasteiger partial charge is 0.330 e. The van der Waals surface area contributed by atoms with E-state index >= 15 is 0 Å². The Labute approximate surface area is 116 Å². The van der Waals surface area contributed by atoms with Crippen LogP contribution in [0.5, 0.6) is 0 Å². The predicted octanol–water partition coefficient (Wildman–Crippen LogP) is 0.810. The van der Waals surface area contributed by atoms with Crippen molar-refractivity contribution in [3.8, 4) is 0 Å². The molecular weight excluding hydrogens is 274 g/mol. The zero-order valence-electron chi connectivity index (χ0n) is 10.8. The molecule has 0 radical (unpaired) electrons. The summed E-state index contributed by atoms with van der Waals surface area (Å²) in [5.74, 6) is 0.336. The van der Waals surface area contributed by atoms with Crippen LogP contribution in [0.15, 0.2) is 0 Å². The van der Waals surface area contributed by atoms with E-state index in [0.717, 1.165) is 32.1 Å². The van der Waals surface area contributed by atoms with Crippen molar-refractivity contribution >= 4 is 22.6 Å². The van der Waals surface area contributed by atoms with Crippen molar-refractivity contribution in [1.29, 1.82) is 0 Å². The molecule has 2 heterocycles. The van der Waals surface area contributed by atoms with Gasteiger partial charge in [0, 0.05) is 26.2 Å². The number of halogens is 1. The molecule has 0 bridgehead atoms. The molecule has 0 amide bonds. The summed E-state index contributed by atoms with van der Waals surface area (Å²) in [6.45, 7) is 3.23. The summed E-state index contributed by atoms with van der Waals surface area (Å²) in [7, 11) is -3.22. The van der Waals surface area contributed by atoms with Crippen molar-refractivity contribution in [3.05, 3.63) is 0 Å². The lowest BCUT2D eigenvalue weighted by atomic mass is 10.0. The van der Waals surface area contributed by atoms with Crippen LogP contribution in [-0.4, -0.2) is 49.8 Å². The fourth-order valence-electron chi connectivity index (χ4n) is 2.69. The van der Waals surface area contributed by atoms with E-state index in [4.69, 9.17) is 5.73 Å². The van der Waals surface area contributed by atoms with Crippen LogP contribution in [0.2, 0.25) is 0 Å². The maximum absolute atomic E-state index is 12.4. The first-order valence-corrected chi connectivity index (χ1v) is 7.99. The molecular formula is C11H24ClN3O2S. The Bertz CT molecular complexity index is 344. The van der Waals surface area contributed by atoms with Gasteiger partial charge in [-0.15, -0.1) is 12.4 Å². The minimum absolute atomic E-state index is 0. The number of nitrogens with zero attached hydrogens (tertiary/aromatic N) is 2. The molecule has 0 aromatic rings. The van der Waals surface area contributed by atoms with Crippen LogP contribution in [0.1, 0.15) is 32.1 Å². The summed E-state index contributed by atoms with van der Waals surface area (Å²) in [4.78, 5) is 0. The van der Waals surface area contributed by atoms with Crippen molar-refractivity contribution in [2.75, 3.05) is 32.7 Å². The van der Waals surface area contributed by atoms with Crippen LogP contribution in [0.25, 0.3) is 0 Å². The fraction of sp³-hybridized carbons (Fsp3) is 1.00. The lowest BCUT2D eigenvalue weighted by Crippen LogP contribution is -2.50. The molecule has 108 valence electrons. The molecule has 0 aromatic heterocycles. The van der Waals surface area contributed by atoms with Gasteiger partial charge in [0.25, 0.3) is 10.2 Å². The lowest BCUT2D eigenvalue weighted by molar-refractivity contribution is 0.241. The maximum atomic E-state index is 12.4. The van der Waals surface area contributed by atoms with E-state index in [1.54, 1.807) is 8.61 Å². The predicted molar refractivity (Wildman–Crippen MR) is 74.9 cm³/mol. The second-order valence-corrected chi connectivity index (χ2v) is 7.00. The third kappa shape index (κ3) is 3.57. The number of rotatable bonds is 3. The monoisotopic (exact) mass is 297 g/mol. The molecule has 2 N–H and O–H groups in total. The van der Waals surface area contributed by atoms with E-state index in [9.17, 15) is 8.42 Å². The van der Waals surface area contributed by atoms with Crippen molar-refractivity contribution in [2.45, 2.75) is 32.1 Å². The van der Waals surface area contributed by atoms with Gasteiger partial charge in [-0.2, -0.15) is 17.0 Å². The van der Waals surface area contributed by atoms with Crippen molar-refractivity contribution in [3.63, 3.8) is 0 Å². The lowest BCUT2D eigenvalue weighted by Gasteiger charge is -2.36. The highest BCUT2D eigenvalue weighted by Gasteiger charge is 2.33. The summed E-state index contributed by atoms with van der Waals surface area (Å²) < 4.78 is 28.1. The molecule has 5 nitrogen and oxygen atoms in total. The average Bonchev–Trinajstić information content (AvgIpc) is 2.40. The minimum atomic E-state index is -3.22. The van der Waals surface area contributed by atoms with E-state index in [-0.39, 0.29) is 12.4 Å². The quantitative estimate of drug-likeness (QED) is 0.838. The van der Waals surface area contributed by atoms with Crippen LogP contribution in [-0.2, 0) is 10.2 Å². The molecule has 2 rings (SSSR count). The SMILES string of the molecule is Cl.NCC1CCCN(S(=O)(=O)N2CCCCC2)C1. The van der Waals surface area contributed by atoms with Gasteiger partial charge in [0.2, 0.25) is 0 Å². The molecule has 0 spiro atoms. The van der Waals surface area contributed by atoms with Crippen LogP contribution in [0.4, 0.5) is 0 Å². The molecule has 0 aliphatic carbocycles. The highest BCUT2D eigenvalue weighted by molar-refractivity contribution is 7.86. The van der Waals surface area contributed by atoms with Crippen molar-refractivity contribution in [2.24, 2.45) is 11.7 Å². The third-order valence-corrected chi connectivity index (χ3v) is 5.78. The summed E-state index contributed by atoms with van der Waals surface area (Å²) in [6.07, 6.45) is 5.13. The van der Waals surface area contributed by atoms with Crippen LogP contribution in [0.3, 0.4) is 0 Å². The summed E-state index contributed by atoms with van der Waals surface area (Å²) in [6, 6.07) is 0. The van der Waals surface area contributed by atoms with E-state index in [1.807, 2.05) is 0 Å². The second-order valence-electron chi connectivity index (χ2n) is 5.07. The number of piperidine rings is 2. The van der Waals surface area contributed by atoms with E-state index < -0.39 is 10.2 Å². The Kier molecular flexibility index (Phi) is 6.34. The first-order chi connectivity index (χ1) is 8.14. The molecule has 2 fully saturated rings. The van der Waals surface area contributed by atoms with Gasteiger partial charge in [-0.05, 0) is 38.1 Å². The molecule has 1 unspecified atom stereocenters. The molecule has 0 aromatic carbocycles. The Hall–Kier alpha value is 0.120. The highest BCUT2D eigenvalue weighted by atomic mass is 35.5. The average molecular weight is 298 g/mol. The summed E-state index contributed by atoms with van der Waals surface area (Å²) in [5.41, 5.74) is 5.65. The zero-order chi connectivity index (χ0) is 12.3. The summed E-state index contributed by atoms with van der Waals surface area (Å²) >= 11 is 0. The van der Waals surface area contributed by atoms with E-state index in [1.165, 1.54) is 0 Å². The number of hydrogen-bond acceptors (Lipinski definition) is 3. The summed E-state index contributed by atoms with van der Waals surface area (Å²) in [5, 5.41) is 0. The Morgan fingerprint density at radius 3 is 2.22 bits per heavy atom. The van der Waals surface area contributed by atoms with Gasteiger partial charge >= 0.3 is 0 Å². The fourth-order valence-corrected chi connectivity index (χ4v) is 4.49. The van der Waals surface area contributed by atoms with Gasteiger partial charge in [0.1, 0.15) is 0 Å². The van der Waals surface area contributed by atoms with Gasteiger partial charge in [-0.3, -0.25) is 0 Å². The molecule has 2 aliphatic rings. The van der Waals surface area contributed by atoms with Gasteiger partial charge < -0.3 is 5.73 Å². The first kappa shape index (κ1) is 16.2. The number of hydrogen-bond donors (Lipinski definition) is 1. The van der Waals surface area contributed by atoms with E-state index in [2.05, 4.69) is 0 Å². The maximum Gasteiger partial charge on any atom is 0.281 e. The van der Waals surface area contributed by atoms with Crippen LogP contribution < -0.4 is 5.73 Å². The van der Waals surface area contributed by atoms with Gasteiger partial charge in [0.05, 0.1) is 0 Å². The van der Waals surface area contributed by atoms with Gasteiger partial charge in [-0.25, -0.2) is 0 Å². The smallest absolute Gasteiger partial charge is 0.281 e. The Morgan fingerprint density at radius 2 is 1.61 bits per heavy atom. The van der Waals surface area contributed by atoms with Gasteiger partial charge in [-0.1, -0.05) is 6.42 Å². The topological polar surface area (TPSA) is 66.6 Å². The number of nitrogens with two attached hydrogens (primary N) is 1. The molecule has 1 atom stereocenters. The van der Waals surface area contributed by atoms with Crippen LogP contribution >= 0.6 is 12.4 Å². The molecule has 2 aliphatic heterocycles. The molecule has 0 saturated carbocycles. The van der Waals surface area contributed by atoms with E-state index in [0.29, 0.717) is 38.6 Å². The molecule has 2 saturated heterocycles. The molecule has 7 heteroatoms. The van der Waals surface area contributed by atoms with Crippen LogP contribution in [0, 0.1) is 5.92 Å². The zero-order valence-corrected chi connectivity index (χ0v) is 12.4. The normalized spacial score (nSPS) is 27.7. The first-order valence-electron chi connectivity index (χ1n) is 6.60. The van der Waals surface area contributed by atoms with Crippen molar-refractivity contribution < 1.29 is 8.42 Å². The third-order valence-electron chi connectivity index (χ3n) is 3.78. The van der Waals surface area contributed by atoms with Gasteiger partial charge in [0.15, 0.2) is 0 Å². The minimum Gasteiger partial charge on any atom is -0.330 e. The highest BCUT2D eigenvalue weighted by Crippen LogP contribution is 2.22. The Balaban J connectivity index is 0.00000162. The van der Waals surface area contributed by atoms with Crippen molar-refractivity contribution in [1.82, 2.24) is 8.61 Å².